The number of rotatable bonds is 2. The van der Waals surface area contributed by atoms with Gasteiger partial charge in [0.1, 0.15) is 4.75 Å². The molecule has 1 aliphatic rings. The van der Waals surface area contributed by atoms with E-state index >= 15 is 0 Å². The lowest BCUT2D eigenvalue weighted by atomic mass is 9.76. The van der Waals surface area contributed by atoms with Crippen molar-refractivity contribution in [3.63, 3.8) is 0 Å². The Labute approximate surface area is 120 Å². The lowest BCUT2D eigenvalue weighted by Gasteiger charge is -2.31. The molecular formula is C16H20O3S. The topological polar surface area (TPSA) is 54.4 Å². The predicted molar refractivity (Wildman–Crippen MR) is 82.2 cm³/mol. The van der Waals surface area contributed by atoms with Crippen LogP contribution in [0, 0.1) is 0 Å². The summed E-state index contributed by atoms with van der Waals surface area (Å²) in [5.41, 5.74) is 1.89. The van der Waals surface area contributed by atoms with Crippen molar-refractivity contribution in [3.05, 3.63) is 53.6 Å². The van der Waals surface area contributed by atoms with Gasteiger partial charge in [0.25, 0.3) is 10.1 Å². The molecule has 1 aromatic carbocycles. The quantitative estimate of drug-likeness (QED) is 0.669. The average Bonchev–Trinajstić information content (AvgIpc) is 2.40. The summed E-state index contributed by atoms with van der Waals surface area (Å²) in [5, 5.41) is 0. The van der Waals surface area contributed by atoms with Crippen molar-refractivity contribution in [1.29, 1.82) is 0 Å². The second-order valence-electron chi connectivity index (χ2n) is 5.68. The Kier molecular flexibility index (Phi) is 3.65. The highest BCUT2D eigenvalue weighted by Crippen LogP contribution is 2.36. The molecule has 0 heterocycles. The summed E-state index contributed by atoms with van der Waals surface area (Å²) in [6.45, 7) is 5.64. The SMILES string of the molecule is CCC1(C)/C=C\C(C)(S(=O)(=O)O)/C=C\c2ccccc21. The average molecular weight is 292 g/mol. The van der Waals surface area contributed by atoms with Crippen LogP contribution in [-0.2, 0) is 15.5 Å². The molecule has 108 valence electrons. The number of allylic oxidation sites excluding steroid dienone is 1. The first kappa shape index (κ1) is 15.0. The van der Waals surface area contributed by atoms with Gasteiger partial charge in [0.15, 0.2) is 0 Å². The van der Waals surface area contributed by atoms with E-state index in [9.17, 15) is 13.0 Å². The molecule has 1 N–H and O–H groups in total. The van der Waals surface area contributed by atoms with Crippen LogP contribution in [-0.4, -0.2) is 17.7 Å². The van der Waals surface area contributed by atoms with Crippen LogP contribution < -0.4 is 0 Å². The molecule has 0 fully saturated rings. The molecular weight excluding hydrogens is 272 g/mol. The first-order chi connectivity index (χ1) is 9.22. The minimum absolute atomic E-state index is 0.257. The number of benzene rings is 1. The fraction of sp³-hybridized carbons (Fsp3) is 0.375. The van der Waals surface area contributed by atoms with E-state index in [-0.39, 0.29) is 5.41 Å². The van der Waals surface area contributed by atoms with Crippen molar-refractivity contribution in [1.82, 2.24) is 0 Å². The number of hydrogen-bond acceptors (Lipinski definition) is 2. The summed E-state index contributed by atoms with van der Waals surface area (Å²) in [5.74, 6) is 0. The second kappa shape index (κ2) is 4.86. The smallest absolute Gasteiger partial charge is 0.277 e. The fourth-order valence-electron chi connectivity index (χ4n) is 2.39. The molecule has 1 aliphatic carbocycles. The Morgan fingerprint density at radius 2 is 1.75 bits per heavy atom. The van der Waals surface area contributed by atoms with Gasteiger partial charge in [-0.05, 0) is 24.5 Å². The molecule has 0 amide bonds. The first-order valence-electron chi connectivity index (χ1n) is 6.68. The van der Waals surface area contributed by atoms with Crippen LogP contribution in [0.3, 0.4) is 0 Å². The lowest BCUT2D eigenvalue weighted by molar-refractivity contribution is 0.465. The third-order valence-electron chi connectivity index (χ3n) is 4.24. The van der Waals surface area contributed by atoms with E-state index in [2.05, 4.69) is 19.9 Å². The Balaban J connectivity index is 2.71. The highest BCUT2D eigenvalue weighted by atomic mass is 32.2. The van der Waals surface area contributed by atoms with Crippen molar-refractivity contribution >= 4 is 16.2 Å². The fourth-order valence-corrected chi connectivity index (χ4v) is 2.87. The van der Waals surface area contributed by atoms with E-state index in [1.54, 1.807) is 12.2 Å². The van der Waals surface area contributed by atoms with Crippen molar-refractivity contribution in [3.8, 4) is 0 Å². The zero-order chi connectivity index (χ0) is 15.0. The molecule has 2 atom stereocenters. The van der Waals surface area contributed by atoms with E-state index in [0.29, 0.717) is 0 Å². The van der Waals surface area contributed by atoms with Gasteiger partial charge in [0.05, 0.1) is 0 Å². The normalized spacial score (nSPS) is 32.8. The lowest BCUT2D eigenvalue weighted by Crippen LogP contribution is -2.32. The van der Waals surface area contributed by atoms with E-state index in [1.807, 2.05) is 24.3 Å². The zero-order valence-electron chi connectivity index (χ0n) is 12.0. The van der Waals surface area contributed by atoms with Crippen molar-refractivity contribution < 1.29 is 13.0 Å². The Hall–Kier alpha value is -1.39. The third-order valence-corrected chi connectivity index (χ3v) is 5.63. The minimum atomic E-state index is -4.20. The maximum Gasteiger partial charge on any atom is 0.277 e. The van der Waals surface area contributed by atoms with E-state index < -0.39 is 14.9 Å². The predicted octanol–water partition coefficient (Wildman–Crippen LogP) is 3.58. The van der Waals surface area contributed by atoms with E-state index in [0.717, 1.165) is 17.5 Å². The monoisotopic (exact) mass is 292 g/mol. The van der Waals surface area contributed by atoms with Crippen molar-refractivity contribution in [2.45, 2.75) is 37.4 Å². The summed E-state index contributed by atoms with van der Waals surface area (Å²) in [4.78, 5) is 0. The van der Waals surface area contributed by atoms with Crippen LogP contribution in [0.2, 0.25) is 0 Å². The molecule has 0 saturated heterocycles. The molecule has 1 aromatic rings. The van der Waals surface area contributed by atoms with Crippen LogP contribution in [0.1, 0.15) is 38.3 Å². The van der Waals surface area contributed by atoms with Gasteiger partial charge in [-0.1, -0.05) is 62.4 Å². The van der Waals surface area contributed by atoms with Gasteiger partial charge in [-0.25, -0.2) is 0 Å². The van der Waals surface area contributed by atoms with Crippen LogP contribution >= 0.6 is 0 Å². The largest absolute Gasteiger partial charge is 0.285 e. The molecule has 3 nitrogen and oxygen atoms in total. The highest BCUT2D eigenvalue weighted by molar-refractivity contribution is 7.87. The molecule has 4 heteroatoms. The molecule has 2 rings (SSSR count). The number of hydrogen-bond donors (Lipinski definition) is 1. The van der Waals surface area contributed by atoms with Crippen LogP contribution in [0.5, 0.6) is 0 Å². The van der Waals surface area contributed by atoms with Crippen LogP contribution in [0.4, 0.5) is 0 Å². The minimum Gasteiger partial charge on any atom is -0.285 e. The van der Waals surface area contributed by atoms with E-state index in [1.165, 1.54) is 13.0 Å². The third kappa shape index (κ3) is 2.45. The Bertz CT molecular complexity index is 673. The summed E-state index contributed by atoms with van der Waals surface area (Å²) in [6.07, 6.45) is 7.63. The summed E-state index contributed by atoms with van der Waals surface area (Å²) < 4.78 is 31.4. The van der Waals surface area contributed by atoms with Crippen molar-refractivity contribution in [2.24, 2.45) is 0 Å². The molecule has 0 radical (unpaired) electrons. The molecule has 20 heavy (non-hydrogen) atoms. The Morgan fingerprint density at radius 1 is 1.10 bits per heavy atom. The molecule has 0 spiro atoms. The van der Waals surface area contributed by atoms with Gasteiger partial charge in [-0.2, -0.15) is 8.42 Å². The van der Waals surface area contributed by atoms with Crippen molar-refractivity contribution in [2.75, 3.05) is 0 Å². The number of fused-ring (bicyclic) bond motifs is 1. The van der Waals surface area contributed by atoms with Crippen LogP contribution in [0.25, 0.3) is 6.08 Å². The Morgan fingerprint density at radius 3 is 2.35 bits per heavy atom. The second-order valence-corrected chi connectivity index (χ2v) is 7.51. The molecule has 0 aliphatic heterocycles. The maximum absolute atomic E-state index is 11.6. The first-order valence-corrected chi connectivity index (χ1v) is 8.12. The summed E-state index contributed by atoms with van der Waals surface area (Å²) in [6, 6.07) is 7.93. The van der Waals surface area contributed by atoms with Gasteiger partial charge in [0.2, 0.25) is 0 Å². The van der Waals surface area contributed by atoms with Crippen LogP contribution in [0.15, 0.2) is 42.5 Å². The molecule has 0 aromatic heterocycles. The highest BCUT2D eigenvalue weighted by Gasteiger charge is 2.35. The van der Waals surface area contributed by atoms with Gasteiger partial charge < -0.3 is 0 Å². The van der Waals surface area contributed by atoms with E-state index in [4.69, 9.17) is 0 Å². The van der Waals surface area contributed by atoms with Gasteiger partial charge in [0, 0.05) is 5.41 Å². The molecule has 0 saturated carbocycles. The molecule has 2 unspecified atom stereocenters. The molecule has 0 bridgehead atoms. The zero-order valence-corrected chi connectivity index (χ0v) is 12.8. The summed E-state index contributed by atoms with van der Waals surface area (Å²) in [7, 11) is -4.20. The standard InChI is InChI=1S/C16H20O3S/c1-4-15(2)11-12-16(3,20(17,18)19)10-9-13-7-5-6-8-14(13)15/h5-12H,4H2,1-3H3,(H,17,18,19)/b10-9-,12-11-. The van der Waals surface area contributed by atoms with Gasteiger partial charge in [-0.15, -0.1) is 0 Å². The summed E-state index contributed by atoms with van der Waals surface area (Å²) >= 11 is 0. The van der Waals surface area contributed by atoms with Gasteiger partial charge in [-0.3, -0.25) is 4.55 Å². The maximum atomic E-state index is 11.6. The van der Waals surface area contributed by atoms with Gasteiger partial charge >= 0.3 is 0 Å².